The van der Waals surface area contributed by atoms with Crippen molar-refractivity contribution in [2.45, 2.75) is 15.5 Å². The topological polar surface area (TPSA) is 107 Å². The monoisotopic (exact) mass is 459 g/mol. The number of aliphatic imine (C=N–C) groups is 1. The van der Waals surface area contributed by atoms with E-state index < -0.39 is 15.9 Å². The van der Waals surface area contributed by atoms with E-state index in [1.54, 1.807) is 0 Å². The van der Waals surface area contributed by atoms with Gasteiger partial charge in [-0.1, -0.05) is 53.8 Å². The van der Waals surface area contributed by atoms with E-state index in [1.807, 2.05) is 6.92 Å². The highest BCUT2D eigenvalue weighted by atomic mass is 35.5. The predicted octanol–water partition coefficient (Wildman–Crippen LogP) is 3.60. The Balaban J connectivity index is 1.73. The molecule has 0 saturated heterocycles. The van der Waals surface area contributed by atoms with Gasteiger partial charge in [0.05, 0.1) is 4.34 Å². The standard InChI is InChI=1S/C15H13ClN4O3S4/c1-2-24-15-19-18-14(26-15)17-13(21)9-3-5-10(6-4-9)20-27(22,23)12-8-7-11(16)25-12/h3-8,20H,2H2,1H3,(H,17,18,21)/p-1. The van der Waals surface area contributed by atoms with Crippen molar-refractivity contribution in [2.75, 3.05) is 10.5 Å². The average molecular weight is 460 g/mol. The molecule has 7 nitrogen and oxygen atoms in total. The van der Waals surface area contributed by atoms with E-state index in [1.165, 1.54) is 59.5 Å². The maximum absolute atomic E-state index is 12.3. The maximum atomic E-state index is 12.3. The molecule has 0 aliphatic carbocycles. The van der Waals surface area contributed by atoms with Gasteiger partial charge in [-0.05, 0) is 41.5 Å². The minimum atomic E-state index is -3.72. The Morgan fingerprint density at radius 1 is 1.22 bits per heavy atom. The van der Waals surface area contributed by atoms with E-state index >= 15 is 0 Å². The second-order valence-corrected chi connectivity index (χ2v) is 11.0. The van der Waals surface area contributed by atoms with Gasteiger partial charge in [0.1, 0.15) is 4.21 Å². The van der Waals surface area contributed by atoms with Gasteiger partial charge in [-0.25, -0.2) is 13.4 Å². The van der Waals surface area contributed by atoms with E-state index in [-0.39, 0.29) is 9.34 Å². The quantitative estimate of drug-likeness (QED) is 0.328. The minimum Gasteiger partial charge on any atom is -0.858 e. The van der Waals surface area contributed by atoms with Crippen molar-refractivity contribution in [3.05, 3.63) is 46.3 Å². The molecule has 0 aliphatic rings. The molecule has 0 aliphatic heterocycles. The smallest absolute Gasteiger partial charge is 0.271 e. The minimum absolute atomic E-state index is 0.111. The van der Waals surface area contributed by atoms with Gasteiger partial charge in [-0.15, -0.1) is 21.5 Å². The zero-order valence-corrected chi connectivity index (χ0v) is 17.8. The predicted molar refractivity (Wildman–Crippen MR) is 109 cm³/mol. The molecule has 1 N–H and O–H groups in total. The number of thioether (sulfide) groups is 1. The van der Waals surface area contributed by atoms with Gasteiger partial charge in [-0.2, -0.15) is 0 Å². The van der Waals surface area contributed by atoms with Crippen LogP contribution in [0.25, 0.3) is 0 Å². The molecule has 0 bridgehead atoms. The van der Waals surface area contributed by atoms with Crippen LogP contribution in [0.4, 0.5) is 10.8 Å². The largest absolute Gasteiger partial charge is 0.858 e. The summed E-state index contributed by atoms with van der Waals surface area (Å²) in [4.78, 5) is 3.93. The van der Waals surface area contributed by atoms with E-state index in [4.69, 9.17) is 11.6 Å². The number of rotatable bonds is 7. The number of thiophene rings is 1. The van der Waals surface area contributed by atoms with Crippen LogP contribution in [-0.2, 0) is 10.0 Å². The van der Waals surface area contributed by atoms with E-state index in [0.29, 0.717) is 15.6 Å². The first kappa shape index (κ1) is 20.1. The summed E-state index contributed by atoms with van der Waals surface area (Å²) in [5, 5.41) is 20.3. The molecule has 0 unspecified atom stereocenters. The van der Waals surface area contributed by atoms with Crippen molar-refractivity contribution in [3.8, 4) is 0 Å². The van der Waals surface area contributed by atoms with Crippen molar-refractivity contribution < 1.29 is 13.5 Å². The SMILES string of the molecule is CCSc1nnc(N=C([O-])c2ccc(NS(=O)(=O)c3ccc(Cl)s3)cc2)s1. The number of benzene rings is 1. The van der Waals surface area contributed by atoms with Crippen LogP contribution < -0.4 is 9.83 Å². The number of sulfonamides is 1. The Morgan fingerprint density at radius 2 is 1.96 bits per heavy atom. The fourth-order valence-corrected chi connectivity index (χ4v) is 6.06. The second kappa shape index (κ2) is 8.57. The first-order valence-electron chi connectivity index (χ1n) is 7.48. The lowest BCUT2D eigenvalue weighted by atomic mass is 10.2. The Hall–Kier alpha value is -1.66. The second-order valence-electron chi connectivity index (χ2n) is 4.94. The molecular formula is C15H12ClN4O3S4-. The number of aromatic nitrogens is 2. The molecule has 0 fully saturated rings. The van der Waals surface area contributed by atoms with Crippen molar-refractivity contribution in [1.82, 2.24) is 10.2 Å². The summed E-state index contributed by atoms with van der Waals surface area (Å²) in [6.07, 6.45) is 0. The zero-order chi connectivity index (χ0) is 19.4. The molecule has 2 heterocycles. The van der Waals surface area contributed by atoms with Gasteiger partial charge in [0.2, 0.25) is 5.13 Å². The molecule has 3 rings (SSSR count). The molecule has 12 heteroatoms. The summed E-state index contributed by atoms with van der Waals surface area (Å²) in [6.45, 7) is 2.00. The molecule has 0 amide bonds. The molecule has 0 saturated carbocycles. The fourth-order valence-electron chi connectivity index (χ4n) is 1.91. The molecule has 0 atom stereocenters. The summed E-state index contributed by atoms with van der Waals surface area (Å²) in [7, 11) is -3.72. The summed E-state index contributed by atoms with van der Waals surface area (Å²) >= 11 is 9.51. The van der Waals surface area contributed by atoms with Gasteiger partial charge >= 0.3 is 0 Å². The van der Waals surface area contributed by atoms with Crippen LogP contribution in [0.2, 0.25) is 4.34 Å². The van der Waals surface area contributed by atoms with Gasteiger partial charge in [0, 0.05) is 5.69 Å². The van der Waals surface area contributed by atoms with E-state index in [9.17, 15) is 13.5 Å². The first-order valence-corrected chi connectivity index (χ1v) is 12.0. The molecule has 0 spiro atoms. The number of halogens is 1. The van der Waals surface area contributed by atoms with Crippen LogP contribution in [0.3, 0.4) is 0 Å². The third kappa shape index (κ3) is 5.20. The van der Waals surface area contributed by atoms with Gasteiger partial charge in [-0.3, -0.25) is 4.72 Å². The molecule has 27 heavy (non-hydrogen) atoms. The Bertz CT molecular complexity index is 1060. The highest BCUT2D eigenvalue weighted by molar-refractivity contribution is 8.01. The molecular weight excluding hydrogens is 448 g/mol. The third-order valence-electron chi connectivity index (χ3n) is 3.06. The average Bonchev–Trinajstić information content (AvgIpc) is 3.25. The van der Waals surface area contributed by atoms with Crippen LogP contribution in [-0.4, -0.2) is 30.3 Å². The van der Waals surface area contributed by atoms with Crippen LogP contribution in [0.5, 0.6) is 0 Å². The van der Waals surface area contributed by atoms with Crippen molar-refractivity contribution in [2.24, 2.45) is 4.99 Å². The highest BCUT2D eigenvalue weighted by Gasteiger charge is 2.16. The lowest BCUT2D eigenvalue weighted by Gasteiger charge is -2.11. The summed E-state index contributed by atoms with van der Waals surface area (Å²) in [6, 6.07) is 8.92. The number of nitrogens with one attached hydrogen (secondary N) is 1. The van der Waals surface area contributed by atoms with Gasteiger partial charge in [0.25, 0.3) is 10.0 Å². The van der Waals surface area contributed by atoms with Crippen molar-refractivity contribution in [1.29, 1.82) is 0 Å². The number of nitrogens with zero attached hydrogens (tertiary/aromatic N) is 3. The third-order valence-corrected chi connectivity index (χ3v) is 8.00. The Morgan fingerprint density at radius 3 is 2.59 bits per heavy atom. The Labute approximate surface area is 173 Å². The summed E-state index contributed by atoms with van der Waals surface area (Å²) in [5.74, 6) is 0.385. The molecule has 0 radical (unpaired) electrons. The lowest BCUT2D eigenvalue weighted by molar-refractivity contribution is -0.212. The van der Waals surface area contributed by atoms with E-state index in [0.717, 1.165) is 21.4 Å². The Kier molecular flexibility index (Phi) is 6.37. The zero-order valence-electron chi connectivity index (χ0n) is 13.7. The van der Waals surface area contributed by atoms with Crippen molar-refractivity contribution in [3.63, 3.8) is 0 Å². The molecule has 1 aromatic carbocycles. The van der Waals surface area contributed by atoms with Crippen LogP contribution >= 0.6 is 46.0 Å². The van der Waals surface area contributed by atoms with Gasteiger partial charge in [0.15, 0.2) is 4.34 Å². The molecule has 2 aromatic heterocycles. The highest BCUT2D eigenvalue weighted by Crippen LogP contribution is 2.28. The van der Waals surface area contributed by atoms with Gasteiger partial charge < -0.3 is 5.11 Å². The number of anilines is 1. The maximum Gasteiger partial charge on any atom is 0.271 e. The van der Waals surface area contributed by atoms with Crippen LogP contribution in [0.15, 0.2) is 49.9 Å². The van der Waals surface area contributed by atoms with Crippen LogP contribution in [0, 0.1) is 0 Å². The van der Waals surface area contributed by atoms with Crippen molar-refractivity contribution >= 4 is 72.8 Å². The summed E-state index contributed by atoms with van der Waals surface area (Å²) < 4.78 is 28.2. The van der Waals surface area contributed by atoms with E-state index in [2.05, 4.69) is 19.9 Å². The first-order chi connectivity index (χ1) is 12.9. The van der Waals surface area contributed by atoms with Crippen LogP contribution in [0.1, 0.15) is 12.5 Å². The molecule has 3 aromatic rings. The fraction of sp³-hybridized carbons (Fsp3) is 0.133. The molecule has 142 valence electrons. The lowest BCUT2D eigenvalue weighted by Crippen LogP contribution is -2.18. The number of hydrogen-bond acceptors (Lipinski definition) is 9. The normalized spacial score (nSPS) is 12.3. The number of hydrogen-bond donors (Lipinski definition) is 1. The summed E-state index contributed by atoms with van der Waals surface area (Å²) in [5.41, 5.74) is 0.644.